The van der Waals surface area contributed by atoms with E-state index in [0.717, 1.165) is 0 Å². The van der Waals surface area contributed by atoms with Gasteiger partial charge in [-0.05, 0) is 17.0 Å². The highest BCUT2D eigenvalue weighted by Gasteiger charge is 2.42. The Balaban J connectivity index is 4.57. The first-order chi connectivity index (χ1) is 4.19. The Morgan fingerprint density at radius 2 is 1.60 bits per heavy atom. The van der Waals surface area contributed by atoms with Crippen LogP contribution in [0.1, 0.15) is 20.8 Å². The van der Waals surface area contributed by atoms with Gasteiger partial charge in [-0.15, -0.1) is 0 Å². The van der Waals surface area contributed by atoms with Crippen LogP contribution in [0.25, 0.3) is 0 Å². The average molecular weight is 292 g/mol. The van der Waals surface area contributed by atoms with Crippen LogP contribution in [0.5, 0.6) is 0 Å². The van der Waals surface area contributed by atoms with Gasteiger partial charge in [0.15, 0.2) is 3.23 Å². The Bertz CT molecular complexity index is 148. The van der Waals surface area contributed by atoms with Gasteiger partial charge in [0.05, 0.1) is 0 Å². The minimum absolute atomic E-state index is 0.230. The maximum atomic E-state index is 10.8. The van der Waals surface area contributed by atoms with E-state index in [0.29, 0.717) is 0 Å². The zero-order valence-corrected chi connectivity index (χ0v) is 9.97. The molecular formula is C6H9Br2ClO. The maximum Gasteiger partial charge on any atom is 0.249 e. The van der Waals surface area contributed by atoms with Gasteiger partial charge in [0.2, 0.25) is 5.24 Å². The second-order valence-electron chi connectivity index (χ2n) is 3.10. The monoisotopic (exact) mass is 290 g/mol. The highest BCUT2D eigenvalue weighted by molar-refractivity contribution is 9.26. The zero-order chi connectivity index (χ0) is 8.58. The molecule has 0 saturated carbocycles. The topological polar surface area (TPSA) is 17.1 Å². The molecule has 0 amide bonds. The van der Waals surface area contributed by atoms with Crippen LogP contribution in [0.4, 0.5) is 0 Å². The van der Waals surface area contributed by atoms with E-state index in [1.807, 2.05) is 20.8 Å². The quantitative estimate of drug-likeness (QED) is 0.535. The van der Waals surface area contributed by atoms with Crippen molar-refractivity contribution in [2.24, 2.45) is 5.41 Å². The summed E-state index contributed by atoms with van der Waals surface area (Å²) in [4.78, 5) is 10.8. The lowest BCUT2D eigenvalue weighted by atomic mass is 9.93. The van der Waals surface area contributed by atoms with E-state index in [2.05, 4.69) is 31.9 Å². The van der Waals surface area contributed by atoms with Crippen molar-refractivity contribution < 1.29 is 4.79 Å². The van der Waals surface area contributed by atoms with Crippen molar-refractivity contribution in [3.8, 4) is 0 Å². The number of halogens is 3. The highest BCUT2D eigenvalue weighted by Crippen LogP contribution is 2.45. The smallest absolute Gasteiger partial charge is 0.249 e. The van der Waals surface area contributed by atoms with Crippen LogP contribution in [0, 0.1) is 5.41 Å². The molecule has 0 aromatic heterocycles. The van der Waals surface area contributed by atoms with E-state index in [-0.39, 0.29) is 5.41 Å². The van der Waals surface area contributed by atoms with Crippen molar-refractivity contribution in [3.05, 3.63) is 0 Å². The number of carbonyl (C=O) groups excluding carboxylic acids is 1. The normalized spacial score (nSPS) is 13.4. The van der Waals surface area contributed by atoms with E-state index in [9.17, 15) is 4.79 Å². The highest BCUT2D eigenvalue weighted by atomic mass is 79.9. The number of alkyl halides is 2. The van der Waals surface area contributed by atoms with Crippen molar-refractivity contribution in [1.29, 1.82) is 0 Å². The third-order valence-corrected chi connectivity index (χ3v) is 5.03. The molecule has 0 aromatic rings. The molecule has 0 rings (SSSR count). The van der Waals surface area contributed by atoms with Gasteiger partial charge in [-0.1, -0.05) is 52.6 Å². The number of hydrogen-bond donors (Lipinski definition) is 0. The van der Waals surface area contributed by atoms with E-state index in [4.69, 9.17) is 11.6 Å². The standard InChI is InChI=1S/C6H9Br2ClO/c1-5(2,3)6(7,8)4(9)10/h1-3H3. The van der Waals surface area contributed by atoms with Gasteiger partial charge in [-0.2, -0.15) is 0 Å². The van der Waals surface area contributed by atoms with Crippen LogP contribution in [0.15, 0.2) is 0 Å². The summed E-state index contributed by atoms with van der Waals surface area (Å²) in [7, 11) is 0. The third-order valence-electron chi connectivity index (χ3n) is 1.19. The Morgan fingerprint density at radius 3 is 1.60 bits per heavy atom. The van der Waals surface area contributed by atoms with E-state index < -0.39 is 8.48 Å². The summed E-state index contributed by atoms with van der Waals surface area (Å²) in [5, 5.41) is -0.431. The molecule has 4 heteroatoms. The van der Waals surface area contributed by atoms with E-state index >= 15 is 0 Å². The number of hydrogen-bond acceptors (Lipinski definition) is 1. The van der Waals surface area contributed by atoms with Crippen LogP contribution < -0.4 is 0 Å². The molecule has 0 atom stereocenters. The summed E-state index contributed by atoms with van der Waals surface area (Å²) in [6.45, 7) is 5.74. The fraction of sp³-hybridized carbons (Fsp3) is 0.833. The van der Waals surface area contributed by atoms with Crippen molar-refractivity contribution in [1.82, 2.24) is 0 Å². The summed E-state index contributed by atoms with van der Waals surface area (Å²) >= 11 is 11.7. The zero-order valence-electron chi connectivity index (χ0n) is 6.04. The fourth-order valence-corrected chi connectivity index (χ4v) is 0.578. The predicted molar refractivity (Wildman–Crippen MR) is 50.9 cm³/mol. The molecule has 60 valence electrons. The van der Waals surface area contributed by atoms with Gasteiger partial charge < -0.3 is 0 Å². The number of carbonyl (C=O) groups is 1. The lowest BCUT2D eigenvalue weighted by Gasteiger charge is -2.30. The molecule has 0 N–H and O–H groups in total. The van der Waals surface area contributed by atoms with Gasteiger partial charge >= 0.3 is 0 Å². The summed E-state index contributed by atoms with van der Waals surface area (Å²) in [6, 6.07) is 0. The van der Waals surface area contributed by atoms with Gasteiger partial charge in [-0.25, -0.2) is 0 Å². The summed E-state index contributed by atoms with van der Waals surface area (Å²) in [5.41, 5.74) is -0.230. The molecular weight excluding hydrogens is 283 g/mol. The first kappa shape index (κ1) is 10.9. The summed E-state index contributed by atoms with van der Waals surface area (Å²) in [6.07, 6.45) is 0. The molecule has 0 bridgehead atoms. The van der Waals surface area contributed by atoms with E-state index in [1.165, 1.54) is 0 Å². The second kappa shape index (κ2) is 3.11. The molecule has 0 aliphatic heterocycles. The third kappa shape index (κ3) is 2.21. The Hall–Kier alpha value is 0.920. The molecule has 0 aliphatic carbocycles. The minimum atomic E-state index is -0.811. The molecule has 0 fully saturated rings. The van der Waals surface area contributed by atoms with Crippen LogP contribution in [0.2, 0.25) is 0 Å². The van der Waals surface area contributed by atoms with Crippen LogP contribution in [-0.2, 0) is 4.79 Å². The lowest BCUT2D eigenvalue weighted by molar-refractivity contribution is -0.113. The van der Waals surface area contributed by atoms with E-state index in [1.54, 1.807) is 0 Å². The Labute approximate surface area is 82.8 Å². The van der Waals surface area contributed by atoms with Gasteiger partial charge in [0.1, 0.15) is 0 Å². The van der Waals surface area contributed by atoms with Crippen molar-refractivity contribution >= 4 is 48.7 Å². The first-order valence-corrected chi connectivity index (χ1v) is 4.74. The molecule has 0 heterocycles. The fourth-order valence-electron chi connectivity index (χ4n) is 0.295. The molecule has 0 saturated heterocycles. The van der Waals surface area contributed by atoms with Crippen LogP contribution >= 0.6 is 43.5 Å². The van der Waals surface area contributed by atoms with Gasteiger partial charge in [0.25, 0.3) is 0 Å². The predicted octanol–water partition coefficient (Wildman–Crippen LogP) is 3.28. The molecule has 1 nitrogen and oxygen atoms in total. The minimum Gasteiger partial charge on any atom is -0.279 e. The molecule has 0 radical (unpaired) electrons. The maximum absolute atomic E-state index is 10.8. The molecule has 0 aromatic carbocycles. The van der Waals surface area contributed by atoms with Crippen molar-refractivity contribution in [3.63, 3.8) is 0 Å². The van der Waals surface area contributed by atoms with Gasteiger partial charge in [-0.3, -0.25) is 4.79 Å². The SMILES string of the molecule is CC(C)(C)C(Br)(Br)C(=O)Cl. The summed E-state index contributed by atoms with van der Waals surface area (Å²) < 4.78 is -0.811. The second-order valence-corrected chi connectivity index (χ2v) is 6.88. The van der Waals surface area contributed by atoms with Crippen molar-refractivity contribution in [2.75, 3.05) is 0 Å². The first-order valence-electron chi connectivity index (χ1n) is 2.77. The van der Waals surface area contributed by atoms with Gasteiger partial charge in [0, 0.05) is 0 Å². The molecule has 0 aliphatic rings. The lowest BCUT2D eigenvalue weighted by Crippen LogP contribution is -2.35. The largest absolute Gasteiger partial charge is 0.279 e. The Kier molecular flexibility index (Phi) is 3.40. The molecule has 10 heavy (non-hydrogen) atoms. The van der Waals surface area contributed by atoms with Crippen LogP contribution in [-0.4, -0.2) is 8.48 Å². The summed E-state index contributed by atoms with van der Waals surface area (Å²) in [5.74, 6) is 0. The van der Waals surface area contributed by atoms with Crippen molar-refractivity contribution in [2.45, 2.75) is 24.0 Å². The Morgan fingerprint density at radius 1 is 1.30 bits per heavy atom. The average Bonchev–Trinajstić information content (AvgIpc) is 1.62. The van der Waals surface area contributed by atoms with Crippen LogP contribution in [0.3, 0.4) is 0 Å². The number of rotatable bonds is 1. The molecule has 0 unspecified atom stereocenters. The molecule has 0 spiro atoms.